The molecule has 0 heterocycles. The lowest BCUT2D eigenvalue weighted by Gasteiger charge is -2.15. The van der Waals surface area contributed by atoms with Crippen molar-refractivity contribution in [2.45, 2.75) is 11.8 Å². The lowest BCUT2D eigenvalue weighted by atomic mass is 10.2. The molecule has 1 aromatic carbocycles. The van der Waals surface area contributed by atoms with E-state index in [9.17, 15) is 0 Å². The van der Waals surface area contributed by atoms with E-state index in [4.69, 9.17) is 4.74 Å². The summed E-state index contributed by atoms with van der Waals surface area (Å²) in [6.07, 6.45) is 0. The average molecular weight is 409 g/mol. The van der Waals surface area contributed by atoms with Gasteiger partial charge in [-0.2, -0.15) is 0 Å². The second kappa shape index (κ2) is 11.1. The highest BCUT2D eigenvalue weighted by atomic mass is 127. The summed E-state index contributed by atoms with van der Waals surface area (Å²) in [4.78, 5) is 5.28. The Labute approximate surface area is 143 Å². The van der Waals surface area contributed by atoms with Crippen LogP contribution in [0.3, 0.4) is 0 Å². The SMILES string of the molecule is CN=C(NC)NCC(C)CSc1ccccc1OC.I. The van der Waals surface area contributed by atoms with Crippen molar-refractivity contribution in [3.8, 4) is 5.75 Å². The molecule has 0 saturated heterocycles. The molecule has 0 saturated carbocycles. The third-order valence-corrected chi connectivity index (χ3v) is 4.05. The molecule has 0 bridgehead atoms. The van der Waals surface area contributed by atoms with E-state index < -0.39 is 0 Å². The number of ether oxygens (including phenoxy) is 1. The molecule has 1 rings (SSSR count). The maximum Gasteiger partial charge on any atom is 0.190 e. The van der Waals surface area contributed by atoms with E-state index in [1.165, 1.54) is 4.90 Å². The maximum atomic E-state index is 5.35. The fraction of sp³-hybridized carbons (Fsp3) is 0.500. The van der Waals surface area contributed by atoms with Crippen LogP contribution in [0.25, 0.3) is 0 Å². The first-order valence-corrected chi connectivity index (χ1v) is 7.34. The van der Waals surface area contributed by atoms with Crippen molar-refractivity contribution < 1.29 is 4.74 Å². The van der Waals surface area contributed by atoms with Crippen LogP contribution in [-0.2, 0) is 0 Å². The minimum atomic E-state index is 0. The Bertz CT molecular complexity index is 415. The first kappa shape index (κ1) is 19.4. The van der Waals surface area contributed by atoms with Crippen molar-refractivity contribution in [2.75, 3.05) is 33.5 Å². The van der Waals surface area contributed by atoms with E-state index in [1.54, 1.807) is 14.2 Å². The number of aliphatic imine (C=N–C) groups is 1. The second-order valence-corrected chi connectivity index (χ2v) is 5.33. The zero-order chi connectivity index (χ0) is 14.1. The molecule has 1 atom stereocenters. The number of hydrogen-bond acceptors (Lipinski definition) is 3. The highest BCUT2D eigenvalue weighted by molar-refractivity contribution is 14.0. The monoisotopic (exact) mass is 409 g/mol. The second-order valence-electron chi connectivity index (χ2n) is 4.27. The van der Waals surface area contributed by atoms with Gasteiger partial charge in [0.05, 0.1) is 7.11 Å². The molecule has 0 aliphatic heterocycles. The Morgan fingerprint density at radius 3 is 2.70 bits per heavy atom. The van der Waals surface area contributed by atoms with E-state index in [1.807, 2.05) is 37.0 Å². The Kier molecular flexibility index (Phi) is 10.7. The standard InChI is InChI=1S/C14H23N3OS.HI/c1-11(9-17-14(15-2)16-3)10-19-13-8-6-5-7-12(13)18-4;/h5-8,11H,9-10H2,1-4H3,(H2,15,16,17);1H. The number of para-hydroxylation sites is 1. The molecular weight excluding hydrogens is 385 g/mol. The van der Waals surface area contributed by atoms with Crippen LogP contribution < -0.4 is 15.4 Å². The van der Waals surface area contributed by atoms with Gasteiger partial charge < -0.3 is 15.4 Å². The minimum absolute atomic E-state index is 0. The molecule has 0 amide bonds. The van der Waals surface area contributed by atoms with E-state index >= 15 is 0 Å². The van der Waals surface area contributed by atoms with Gasteiger partial charge in [-0.1, -0.05) is 19.1 Å². The minimum Gasteiger partial charge on any atom is -0.496 e. The number of hydrogen-bond donors (Lipinski definition) is 2. The van der Waals surface area contributed by atoms with E-state index in [0.717, 1.165) is 24.0 Å². The van der Waals surface area contributed by atoms with Crippen LogP contribution in [-0.4, -0.2) is 39.5 Å². The van der Waals surface area contributed by atoms with Crippen LogP contribution in [0.4, 0.5) is 0 Å². The summed E-state index contributed by atoms with van der Waals surface area (Å²) < 4.78 is 5.35. The fourth-order valence-corrected chi connectivity index (χ4v) is 2.63. The molecule has 4 nitrogen and oxygen atoms in total. The molecule has 6 heteroatoms. The predicted octanol–water partition coefficient (Wildman–Crippen LogP) is 2.84. The van der Waals surface area contributed by atoms with Crippen LogP contribution in [0.2, 0.25) is 0 Å². The quantitative estimate of drug-likeness (QED) is 0.328. The third-order valence-electron chi connectivity index (χ3n) is 2.67. The van der Waals surface area contributed by atoms with Gasteiger partial charge in [-0.05, 0) is 18.1 Å². The van der Waals surface area contributed by atoms with Crippen molar-refractivity contribution in [3.63, 3.8) is 0 Å². The lowest BCUT2D eigenvalue weighted by Crippen LogP contribution is -2.37. The zero-order valence-electron chi connectivity index (χ0n) is 12.5. The summed E-state index contributed by atoms with van der Waals surface area (Å²) in [5.74, 6) is 3.35. The first-order chi connectivity index (χ1) is 9.21. The van der Waals surface area contributed by atoms with E-state index in [0.29, 0.717) is 5.92 Å². The summed E-state index contributed by atoms with van der Waals surface area (Å²) in [5.41, 5.74) is 0. The van der Waals surface area contributed by atoms with Crippen molar-refractivity contribution in [2.24, 2.45) is 10.9 Å². The Hall–Kier alpha value is -0.630. The summed E-state index contributed by atoms with van der Waals surface area (Å²) in [7, 11) is 5.35. The molecule has 0 spiro atoms. The number of nitrogens with zero attached hydrogens (tertiary/aromatic N) is 1. The van der Waals surface area contributed by atoms with Gasteiger partial charge in [-0.3, -0.25) is 4.99 Å². The van der Waals surface area contributed by atoms with Gasteiger partial charge in [-0.25, -0.2) is 0 Å². The van der Waals surface area contributed by atoms with E-state index in [-0.39, 0.29) is 24.0 Å². The van der Waals surface area contributed by atoms with Crippen molar-refractivity contribution >= 4 is 41.7 Å². The van der Waals surface area contributed by atoms with Crippen molar-refractivity contribution in [3.05, 3.63) is 24.3 Å². The summed E-state index contributed by atoms with van der Waals surface area (Å²) >= 11 is 1.82. The predicted molar refractivity (Wildman–Crippen MR) is 98.7 cm³/mol. The van der Waals surface area contributed by atoms with Crippen LogP contribution in [0.15, 0.2) is 34.2 Å². The van der Waals surface area contributed by atoms with Crippen LogP contribution in [0, 0.1) is 5.92 Å². The highest BCUT2D eigenvalue weighted by Gasteiger charge is 2.07. The topological polar surface area (TPSA) is 45.7 Å². The lowest BCUT2D eigenvalue weighted by molar-refractivity contribution is 0.405. The van der Waals surface area contributed by atoms with Gasteiger partial charge in [0.2, 0.25) is 0 Å². The normalized spacial score (nSPS) is 12.3. The maximum absolute atomic E-state index is 5.35. The van der Waals surface area contributed by atoms with Gasteiger partial charge in [0.15, 0.2) is 5.96 Å². The molecular formula is C14H24IN3OS. The molecule has 1 aromatic rings. The van der Waals surface area contributed by atoms with Crippen LogP contribution in [0.5, 0.6) is 5.75 Å². The molecule has 1 unspecified atom stereocenters. The number of guanidine groups is 1. The largest absolute Gasteiger partial charge is 0.496 e. The fourth-order valence-electron chi connectivity index (χ4n) is 1.58. The first-order valence-electron chi connectivity index (χ1n) is 6.35. The molecule has 0 aliphatic rings. The number of rotatable bonds is 6. The Morgan fingerprint density at radius 2 is 2.10 bits per heavy atom. The molecule has 0 radical (unpaired) electrons. The molecule has 114 valence electrons. The molecule has 0 aliphatic carbocycles. The molecule has 2 N–H and O–H groups in total. The average Bonchev–Trinajstić information content (AvgIpc) is 2.46. The summed E-state index contributed by atoms with van der Waals surface area (Å²) in [6, 6.07) is 8.12. The van der Waals surface area contributed by atoms with Gasteiger partial charge in [-0.15, -0.1) is 35.7 Å². The van der Waals surface area contributed by atoms with Gasteiger partial charge >= 0.3 is 0 Å². The highest BCUT2D eigenvalue weighted by Crippen LogP contribution is 2.29. The van der Waals surface area contributed by atoms with Gasteiger partial charge in [0.1, 0.15) is 5.75 Å². The third kappa shape index (κ3) is 6.69. The van der Waals surface area contributed by atoms with Crippen LogP contribution in [0.1, 0.15) is 6.92 Å². The number of thioether (sulfide) groups is 1. The van der Waals surface area contributed by atoms with E-state index in [2.05, 4.69) is 28.6 Å². The Balaban J connectivity index is 0.00000361. The number of benzene rings is 1. The Morgan fingerprint density at radius 1 is 1.40 bits per heavy atom. The van der Waals surface area contributed by atoms with Crippen molar-refractivity contribution in [1.82, 2.24) is 10.6 Å². The molecule has 0 aromatic heterocycles. The zero-order valence-corrected chi connectivity index (χ0v) is 15.6. The molecule has 20 heavy (non-hydrogen) atoms. The number of halogens is 1. The summed E-state index contributed by atoms with van der Waals surface area (Å²) in [5, 5.41) is 6.29. The van der Waals surface area contributed by atoms with Crippen molar-refractivity contribution in [1.29, 1.82) is 0 Å². The number of nitrogens with one attached hydrogen (secondary N) is 2. The van der Waals surface area contributed by atoms with Crippen LogP contribution >= 0.6 is 35.7 Å². The number of methoxy groups -OCH3 is 1. The smallest absolute Gasteiger partial charge is 0.190 e. The summed E-state index contributed by atoms with van der Waals surface area (Å²) in [6.45, 7) is 3.12. The van der Waals surface area contributed by atoms with Gasteiger partial charge in [0, 0.05) is 31.3 Å². The molecule has 0 fully saturated rings. The van der Waals surface area contributed by atoms with Gasteiger partial charge in [0.25, 0.3) is 0 Å².